The zero-order chi connectivity index (χ0) is 10.8. The number of hydrogen-bond acceptors (Lipinski definition) is 2. The molecule has 15 heavy (non-hydrogen) atoms. The minimum atomic E-state index is -1.01. The van der Waals surface area contributed by atoms with Crippen LogP contribution in [-0.2, 0) is 0 Å². The van der Waals surface area contributed by atoms with Gasteiger partial charge in [0.1, 0.15) is 11.8 Å². The standard InChI is InChI=1S/C12H14FNO/c1-8(14-2)12(13)10-4-3-9-5-6-15-11(9)7-10/h3-8,12,14H,1-2H3. The van der Waals surface area contributed by atoms with Crippen molar-refractivity contribution < 1.29 is 8.81 Å². The molecule has 1 N–H and O–H groups in total. The first-order valence-electron chi connectivity index (χ1n) is 5.01. The number of benzene rings is 1. The Labute approximate surface area is 88.1 Å². The van der Waals surface area contributed by atoms with Crippen LogP contribution < -0.4 is 5.32 Å². The van der Waals surface area contributed by atoms with Crippen molar-refractivity contribution >= 4 is 11.0 Å². The zero-order valence-corrected chi connectivity index (χ0v) is 8.83. The largest absolute Gasteiger partial charge is 0.464 e. The van der Waals surface area contributed by atoms with Gasteiger partial charge in [0.2, 0.25) is 0 Å². The molecule has 0 bridgehead atoms. The van der Waals surface area contributed by atoms with E-state index in [-0.39, 0.29) is 6.04 Å². The summed E-state index contributed by atoms with van der Waals surface area (Å²) in [4.78, 5) is 0. The Bertz CT molecular complexity index is 452. The summed E-state index contributed by atoms with van der Waals surface area (Å²) in [7, 11) is 1.75. The van der Waals surface area contributed by atoms with Gasteiger partial charge in [-0.05, 0) is 31.7 Å². The molecule has 2 aromatic rings. The summed E-state index contributed by atoms with van der Waals surface area (Å²) in [5.41, 5.74) is 1.39. The smallest absolute Gasteiger partial charge is 0.140 e. The monoisotopic (exact) mass is 207 g/mol. The van der Waals surface area contributed by atoms with Crippen molar-refractivity contribution in [3.63, 3.8) is 0 Å². The molecule has 0 aliphatic carbocycles. The van der Waals surface area contributed by atoms with Crippen LogP contribution in [0.25, 0.3) is 11.0 Å². The Morgan fingerprint density at radius 3 is 2.87 bits per heavy atom. The third-order valence-electron chi connectivity index (χ3n) is 2.69. The Hall–Kier alpha value is -1.35. The van der Waals surface area contributed by atoms with Gasteiger partial charge in [0.25, 0.3) is 0 Å². The molecule has 1 aromatic carbocycles. The number of halogens is 1. The van der Waals surface area contributed by atoms with Gasteiger partial charge in [0, 0.05) is 11.4 Å². The first-order valence-corrected chi connectivity index (χ1v) is 5.01. The highest BCUT2D eigenvalue weighted by Crippen LogP contribution is 2.25. The van der Waals surface area contributed by atoms with Gasteiger partial charge in [-0.3, -0.25) is 0 Å². The summed E-state index contributed by atoms with van der Waals surface area (Å²) < 4.78 is 19.1. The molecule has 0 amide bonds. The van der Waals surface area contributed by atoms with Gasteiger partial charge in [-0.2, -0.15) is 0 Å². The SMILES string of the molecule is CNC(C)C(F)c1ccc2ccoc2c1. The van der Waals surface area contributed by atoms with E-state index >= 15 is 0 Å². The number of alkyl halides is 1. The van der Waals surface area contributed by atoms with Crippen molar-refractivity contribution in [3.05, 3.63) is 36.1 Å². The predicted molar refractivity (Wildman–Crippen MR) is 58.6 cm³/mol. The lowest BCUT2D eigenvalue weighted by Crippen LogP contribution is -2.26. The molecule has 0 radical (unpaired) electrons. The lowest BCUT2D eigenvalue weighted by molar-refractivity contribution is 0.275. The fourth-order valence-electron chi connectivity index (χ4n) is 1.58. The van der Waals surface area contributed by atoms with Crippen molar-refractivity contribution in [2.24, 2.45) is 0 Å². The van der Waals surface area contributed by atoms with Gasteiger partial charge in [0.05, 0.1) is 6.26 Å². The molecule has 2 atom stereocenters. The minimum Gasteiger partial charge on any atom is -0.464 e. The first-order chi connectivity index (χ1) is 7.22. The molecular formula is C12H14FNO. The van der Waals surface area contributed by atoms with E-state index in [9.17, 15) is 4.39 Å². The molecule has 1 aromatic heterocycles. The third kappa shape index (κ3) is 1.88. The normalized spacial score (nSPS) is 15.4. The van der Waals surface area contributed by atoms with Gasteiger partial charge in [-0.1, -0.05) is 12.1 Å². The zero-order valence-electron chi connectivity index (χ0n) is 8.83. The van der Waals surface area contributed by atoms with Gasteiger partial charge in [0.15, 0.2) is 0 Å². The molecule has 1 heterocycles. The quantitative estimate of drug-likeness (QED) is 0.836. The van der Waals surface area contributed by atoms with Crippen molar-refractivity contribution in [2.45, 2.75) is 19.1 Å². The predicted octanol–water partition coefficient (Wildman–Crippen LogP) is 3.05. The summed E-state index contributed by atoms with van der Waals surface area (Å²) in [6.45, 7) is 1.82. The molecule has 2 nitrogen and oxygen atoms in total. The van der Waals surface area contributed by atoms with Crippen LogP contribution in [0.4, 0.5) is 4.39 Å². The molecule has 0 spiro atoms. The van der Waals surface area contributed by atoms with Crippen LogP contribution in [0.1, 0.15) is 18.7 Å². The van der Waals surface area contributed by atoms with E-state index in [1.54, 1.807) is 25.4 Å². The fraction of sp³-hybridized carbons (Fsp3) is 0.333. The lowest BCUT2D eigenvalue weighted by Gasteiger charge is -2.15. The van der Waals surface area contributed by atoms with E-state index in [1.165, 1.54) is 0 Å². The number of nitrogens with one attached hydrogen (secondary N) is 1. The Kier molecular flexibility index (Phi) is 2.73. The van der Waals surface area contributed by atoms with Crippen LogP contribution in [0.2, 0.25) is 0 Å². The van der Waals surface area contributed by atoms with Gasteiger partial charge in [-0.15, -0.1) is 0 Å². The van der Waals surface area contributed by atoms with Crippen molar-refractivity contribution in [3.8, 4) is 0 Å². The topological polar surface area (TPSA) is 25.2 Å². The van der Waals surface area contributed by atoms with Crippen LogP contribution in [0.5, 0.6) is 0 Å². The summed E-state index contributed by atoms with van der Waals surface area (Å²) >= 11 is 0. The maximum atomic E-state index is 13.9. The molecule has 0 fully saturated rings. The summed E-state index contributed by atoms with van der Waals surface area (Å²) in [6, 6.07) is 7.11. The van der Waals surface area contributed by atoms with E-state index < -0.39 is 6.17 Å². The van der Waals surface area contributed by atoms with E-state index in [4.69, 9.17) is 4.42 Å². The highest BCUT2D eigenvalue weighted by atomic mass is 19.1. The second kappa shape index (κ2) is 4.03. The maximum absolute atomic E-state index is 13.9. The van der Waals surface area contributed by atoms with Gasteiger partial charge in [-0.25, -0.2) is 4.39 Å². The maximum Gasteiger partial charge on any atom is 0.140 e. The minimum absolute atomic E-state index is 0.197. The summed E-state index contributed by atoms with van der Waals surface area (Å²) in [6.07, 6.45) is 0.605. The number of hydrogen-bond donors (Lipinski definition) is 1. The second-order valence-electron chi connectivity index (χ2n) is 3.70. The summed E-state index contributed by atoms with van der Waals surface area (Å²) in [5.74, 6) is 0. The Morgan fingerprint density at radius 2 is 2.13 bits per heavy atom. The van der Waals surface area contributed by atoms with Crippen molar-refractivity contribution in [1.82, 2.24) is 5.32 Å². The molecule has 3 heteroatoms. The van der Waals surface area contributed by atoms with E-state index in [2.05, 4.69) is 5.32 Å². The third-order valence-corrected chi connectivity index (χ3v) is 2.69. The average molecular weight is 207 g/mol. The molecule has 0 aliphatic rings. The lowest BCUT2D eigenvalue weighted by atomic mass is 10.0. The highest BCUT2D eigenvalue weighted by molar-refractivity contribution is 5.77. The highest BCUT2D eigenvalue weighted by Gasteiger charge is 2.17. The number of likely N-dealkylation sites (N-methyl/N-ethyl adjacent to an activating group) is 1. The van der Waals surface area contributed by atoms with E-state index in [0.29, 0.717) is 5.56 Å². The molecule has 2 rings (SSSR count). The Balaban J connectivity index is 2.35. The molecule has 80 valence electrons. The number of furan rings is 1. The number of rotatable bonds is 3. The molecule has 0 aliphatic heterocycles. The van der Waals surface area contributed by atoms with Crippen LogP contribution in [0.3, 0.4) is 0 Å². The Morgan fingerprint density at radius 1 is 1.33 bits per heavy atom. The fourth-order valence-corrected chi connectivity index (χ4v) is 1.58. The van der Waals surface area contributed by atoms with Crippen LogP contribution in [0.15, 0.2) is 34.9 Å². The molecule has 0 saturated heterocycles. The molecular weight excluding hydrogens is 193 g/mol. The second-order valence-corrected chi connectivity index (χ2v) is 3.70. The van der Waals surface area contributed by atoms with Gasteiger partial charge < -0.3 is 9.73 Å². The molecule has 2 unspecified atom stereocenters. The van der Waals surface area contributed by atoms with Crippen molar-refractivity contribution in [2.75, 3.05) is 7.05 Å². The van der Waals surface area contributed by atoms with Crippen LogP contribution >= 0.6 is 0 Å². The first kappa shape index (κ1) is 10.2. The van der Waals surface area contributed by atoms with Crippen LogP contribution in [-0.4, -0.2) is 13.1 Å². The summed E-state index contributed by atoms with van der Waals surface area (Å²) in [5, 5.41) is 3.90. The van der Waals surface area contributed by atoms with E-state index in [0.717, 1.165) is 11.0 Å². The van der Waals surface area contributed by atoms with E-state index in [1.807, 2.05) is 19.1 Å². The van der Waals surface area contributed by atoms with Crippen molar-refractivity contribution in [1.29, 1.82) is 0 Å². The van der Waals surface area contributed by atoms with Gasteiger partial charge >= 0.3 is 0 Å². The average Bonchev–Trinajstić information content (AvgIpc) is 2.73. The number of fused-ring (bicyclic) bond motifs is 1. The molecule has 0 saturated carbocycles. The van der Waals surface area contributed by atoms with Crippen LogP contribution in [0, 0.1) is 0 Å².